The van der Waals surface area contributed by atoms with Gasteiger partial charge >= 0.3 is 5.97 Å². The monoisotopic (exact) mass is 442 g/mol. The molecule has 2 atom stereocenters. The molecule has 1 aliphatic rings. The number of para-hydroxylation sites is 1. The maximum atomic E-state index is 14.0. The molecule has 0 spiro atoms. The minimum Gasteiger partial charge on any atom is -0.469 e. The van der Waals surface area contributed by atoms with Gasteiger partial charge in [0, 0.05) is 29.1 Å². The van der Waals surface area contributed by atoms with E-state index in [1.807, 2.05) is 48.7 Å². The van der Waals surface area contributed by atoms with E-state index in [4.69, 9.17) is 4.74 Å². The van der Waals surface area contributed by atoms with Gasteiger partial charge in [0.2, 0.25) is 0 Å². The SMILES string of the molecule is COC(=O)CC1(C(=O)[C@H](Cc2c[nH]c3ccccc23)NC(=O)c2ccccc2)C=CC=CC1. The summed E-state index contributed by atoms with van der Waals surface area (Å²) in [6, 6.07) is 15.8. The smallest absolute Gasteiger partial charge is 0.306 e. The predicted octanol–water partition coefficient (Wildman–Crippen LogP) is 4.14. The molecule has 0 fully saturated rings. The van der Waals surface area contributed by atoms with Crippen molar-refractivity contribution >= 4 is 28.6 Å². The first-order valence-corrected chi connectivity index (χ1v) is 10.9. The summed E-state index contributed by atoms with van der Waals surface area (Å²) < 4.78 is 4.88. The number of aromatic amines is 1. The summed E-state index contributed by atoms with van der Waals surface area (Å²) in [4.78, 5) is 42.5. The van der Waals surface area contributed by atoms with E-state index in [2.05, 4.69) is 10.3 Å². The van der Waals surface area contributed by atoms with Gasteiger partial charge in [0.15, 0.2) is 5.78 Å². The van der Waals surface area contributed by atoms with Crippen LogP contribution in [0.15, 0.2) is 85.1 Å². The van der Waals surface area contributed by atoms with Crippen LogP contribution < -0.4 is 5.32 Å². The van der Waals surface area contributed by atoms with Gasteiger partial charge in [-0.3, -0.25) is 14.4 Å². The summed E-state index contributed by atoms with van der Waals surface area (Å²) >= 11 is 0. The van der Waals surface area contributed by atoms with Crippen molar-refractivity contribution in [3.8, 4) is 0 Å². The topological polar surface area (TPSA) is 88.3 Å². The number of carbonyl (C=O) groups is 3. The highest BCUT2D eigenvalue weighted by molar-refractivity contribution is 6.01. The van der Waals surface area contributed by atoms with Crippen LogP contribution in [-0.2, 0) is 20.7 Å². The van der Waals surface area contributed by atoms with Crippen LogP contribution in [0.3, 0.4) is 0 Å². The number of fused-ring (bicyclic) bond motifs is 1. The second-order valence-corrected chi connectivity index (χ2v) is 8.22. The first-order chi connectivity index (χ1) is 16.0. The number of nitrogens with one attached hydrogen (secondary N) is 2. The Hall–Kier alpha value is -3.93. The first kappa shape index (κ1) is 22.3. The van der Waals surface area contributed by atoms with E-state index in [0.717, 1.165) is 16.5 Å². The first-order valence-electron chi connectivity index (χ1n) is 10.9. The Balaban J connectivity index is 1.69. The number of hydrogen-bond acceptors (Lipinski definition) is 4. The highest BCUT2D eigenvalue weighted by Gasteiger charge is 2.42. The molecular weight excluding hydrogens is 416 g/mol. The molecule has 0 radical (unpaired) electrons. The van der Waals surface area contributed by atoms with Crippen LogP contribution in [-0.4, -0.2) is 35.8 Å². The van der Waals surface area contributed by atoms with Crippen molar-refractivity contribution in [2.24, 2.45) is 5.41 Å². The van der Waals surface area contributed by atoms with Gasteiger partial charge in [-0.15, -0.1) is 0 Å². The minimum atomic E-state index is -1.08. The zero-order valence-corrected chi connectivity index (χ0v) is 18.4. The lowest BCUT2D eigenvalue weighted by molar-refractivity contribution is -0.146. The number of ether oxygens (including phenoxy) is 1. The molecule has 2 N–H and O–H groups in total. The quantitative estimate of drug-likeness (QED) is 0.513. The molecule has 3 aromatic rings. The van der Waals surface area contributed by atoms with Gasteiger partial charge in [-0.25, -0.2) is 0 Å². The highest BCUT2D eigenvalue weighted by atomic mass is 16.5. The molecule has 1 aliphatic carbocycles. The second-order valence-electron chi connectivity index (χ2n) is 8.22. The zero-order chi connectivity index (χ0) is 23.3. The molecule has 1 amide bonds. The van der Waals surface area contributed by atoms with Crippen molar-refractivity contribution in [1.82, 2.24) is 10.3 Å². The Labute approximate surface area is 192 Å². The fourth-order valence-corrected chi connectivity index (χ4v) is 4.30. The number of ketones is 1. The number of H-pyrrole nitrogens is 1. The molecule has 0 saturated heterocycles. The molecule has 168 valence electrons. The fourth-order valence-electron chi connectivity index (χ4n) is 4.30. The van der Waals surface area contributed by atoms with E-state index in [-0.39, 0.29) is 18.1 Å². The number of amides is 1. The number of rotatable bonds is 8. The van der Waals surface area contributed by atoms with Crippen LogP contribution in [0.25, 0.3) is 10.9 Å². The number of carbonyl (C=O) groups excluding carboxylic acids is 3. The van der Waals surface area contributed by atoms with Crippen molar-refractivity contribution in [2.45, 2.75) is 25.3 Å². The van der Waals surface area contributed by atoms with Gasteiger partial charge in [-0.2, -0.15) is 0 Å². The molecule has 4 rings (SSSR count). The number of esters is 1. The van der Waals surface area contributed by atoms with E-state index in [9.17, 15) is 14.4 Å². The van der Waals surface area contributed by atoms with Gasteiger partial charge < -0.3 is 15.0 Å². The zero-order valence-electron chi connectivity index (χ0n) is 18.4. The van der Waals surface area contributed by atoms with Crippen molar-refractivity contribution in [2.75, 3.05) is 7.11 Å². The Morgan fingerprint density at radius 2 is 1.82 bits per heavy atom. The van der Waals surface area contributed by atoms with E-state index < -0.39 is 17.4 Å². The van der Waals surface area contributed by atoms with Crippen LogP contribution in [0, 0.1) is 5.41 Å². The number of aromatic nitrogens is 1. The molecule has 1 unspecified atom stereocenters. The summed E-state index contributed by atoms with van der Waals surface area (Å²) in [5.74, 6) is -1.02. The lowest BCUT2D eigenvalue weighted by Gasteiger charge is -2.33. The molecule has 6 nitrogen and oxygen atoms in total. The Bertz CT molecular complexity index is 1230. The summed E-state index contributed by atoms with van der Waals surface area (Å²) in [7, 11) is 1.31. The molecule has 1 heterocycles. The third-order valence-corrected chi connectivity index (χ3v) is 6.08. The molecule has 2 aromatic carbocycles. The van der Waals surface area contributed by atoms with Crippen LogP contribution in [0.2, 0.25) is 0 Å². The molecule has 0 aliphatic heterocycles. The Kier molecular flexibility index (Phi) is 6.54. The average molecular weight is 443 g/mol. The van der Waals surface area contributed by atoms with Crippen LogP contribution in [0.1, 0.15) is 28.8 Å². The standard InChI is InChI=1S/C27H26N2O4/c1-33-24(30)17-27(14-8-3-9-15-27)25(31)23(29-26(32)19-10-4-2-5-11-19)16-20-18-28-22-13-7-6-12-21(20)22/h2-14,18,23,28H,15-17H2,1H3,(H,29,32)/t23-,27?/m0/s1. The van der Waals surface area contributed by atoms with Crippen molar-refractivity contribution in [3.63, 3.8) is 0 Å². The number of allylic oxidation sites excluding steroid dienone is 4. The normalized spacial score (nSPS) is 18.1. The van der Waals surface area contributed by atoms with Crippen molar-refractivity contribution in [1.29, 1.82) is 0 Å². The van der Waals surface area contributed by atoms with E-state index in [1.54, 1.807) is 36.4 Å². The van der Waals surface area contributed by atoms with Gasteiger partial charge in [0.05, 0.1) is 25.0 Å². The lowest BCUT2D eigenvalue weighted by Crippen LogP contribution is -2.49. The lowest BCUT2D eigenvalue weighted by atomic mass is 9.72. The highest BCUT2D eigenvalue weighted by Crippen LogP contribution is 2.35. The number of Topliss-reactive ketones (excluding diaryl/α,β-unsaturated/α-hetero) is 1. The third kappa shape index (κ3) is 4.80. The molecule has 1 aromatic heterocycles. The molecule has 33 heavy (non-hydrogen) atoms. The Morgan fingerprint density at radius 3 is 2.55 bits per heavy atom. The number of hydrogen-bond donors (Lipinski definition) is 2. The van der Waals surface area contributed by atoms with Gasteiger partial charge in [-0.1, -0.05) is 60.7 Å². The molecule has 6 heteroatoms. The van der Waals surface area contributed by atoms with E-state index in [1.165, 1.54) is 7.11 Å². The van der Waals surface area contributed by atoms with E-state index in [0.29, 0.717) is 18.4 Å². The van der Waals surface area contributed by atoms with Crippen LogP contribution in [0.5, 0.6) is 0 Å². The molecule has 0 saturated carbocycles. The molecule has 0 bridgehead atoms. The summed E-state index contributed by atoms with van der Waals surface area (Å²) in [5.41, 5.74) is 1.26. The van der Waals surface area contributed by atoms with Gasteiger partial charge in [-0.05, 0) is 30.2 Å². The molecular formula is C27H26N2O4. The maximum Gasteiger partial charge on any atom is 0.306 e. The van der Waals surface area contributed by atoms with Gasteiger partial charge in [0.25, 0.3) is 5.91 Å². The Morgan fingerprint density at radius 1 is 1.06 bits per heavy atom. The fraction of sp³-hybridized carbons (Fsp3) is 0.222. The minimum absolute atomic E-state index is 0.0885. The summed E-state index contributed by atoms with van der Waals surface area (Å²) in [6.45, 7) is 0. The largest absolute Gasteiger partial charge is 0.469 e. The number of benzene rings is 2. The van der Waals surface area contributed by atoms with Crippen molar-refractivity contribution in [3.05, 3.63) is 96.2 Å². The number of methoxy groups -OCH3 is 1. The van der Waals surface area contributed by atoms with Crippen LogP contribution >= 0.6 is 0 Å². The van der Waals surface area contributed by atoms with E-state index >= 15 is 0 Å². The summed E-state index contributed by atoms with van der Waals surface area (Å²) in [5, 5.41) is 3.93. The summed E-state index contributed by atoms with van der Waals surface area (Å²) in [6.07, 6.45) is 9.67. The average Bonchev–Trinajstić information content (AvgIpc) is 3.27. The maximum absolute atomic E-state index is 14.0. The van der Waals surface area contributed by atoms with Crippen molar-refractivity contribution < 1.29 is 19.1 Å². The van der Waals surface area contributed by atoms with Gasteiger partial charge in [0.1, 0.15) is 0 Å². The third-order valence-electron chi connectivity index (χ3n) is 6.08. The predicted molar refractivity (Wildman–Crippen MR) is 127 cm³/mol. The van der Waals surface area contributed by atoms with Crippen LogP contribution in [0.4, 0.5) is 0 Å². The second kappa shape index (κ2) is 9.69.